The van der Waals surface area contributed by atoms with Gasteiger partial charge in [0, 0.05) is 5.41 Å². The van der Waals surface area contributed by atoms with Crippen molar-refractivity contribution in [3.63, 3.8) is 0 Å². The third kappa shape index (κ3) is 2.84. The number of benzene rings is 1. The second-order valence-corrected chi connectivity index (χ2v) is 7.56. The first-order valence-electron chi connectivity index (χ1n) is 5.70. The van der Waals surface area contributed by atoms with Gasteiger partial charge in [0.15, 0.2) is 9.84 Å². The van der Waals surface area contributed by atoms with Crippen molar-refractivity contribution < 1.29 is 12.8 Å². The topological polar surface area (TPSA) is 60.2 Å². The smallest absolute Gasteiger partial charge is 0.150 e. The molecule has 0 spiro atoms. The number of hydrogen-bond acceptors (Lipinski definition) is 3. The maximum Gasteiger partial charge on any atom is 0.150 e. The van der Waals surface area contributed by atoms with Gasteiger partial charge in [-0.2, -0.15) is 0 Å². The van der Waals surface area contributed by atoms with Crippen molar-refractivity contribution in [2.45, 2.75) is 12.8 Å². The van der Waals surface area contributed by atoms with E-state index in [-0.39, 0.29) is 16.5 Å². The van der Waals surface area contributed by atoms with E-state index in [0.29, 0.717) is 19.4 Å². The van der Waals surface area contributed by atoms with Gasteiger partial charge in [0.25, 0.3) is 0 Å². The molecule has 0 radical (unpaired) electrons. The molecule has 1 saturated heterocycles. The SMILES string of the molecule is NCC1(Cc2ccc(F)c(Cl)c2)CCS(=O)(=O)C1. The molecule has 2 N–H and O–H groups in total. The molecule has 1 heterocycles. The van der Waals surface area contributed by atoms with Crippen LogP contribution in [0.4, 0.5) is 4.39 Å². The summed E-state index contributed by atoms with van der Waals surface area (Å²) in [7, 11) is -2.99. The molecule has 1 atom stereocenters. The van der Waals surface area contributed by atoms with Gasteiger partial charge in [0.2, 0.25) is 0 Å². The van der Waals surface area contributed by atoms with Crippen molar-refractivity contribution in [1.82, 2.24) is 0 Å². The standard InChI is InChI=1S/C12H15ClFNO2S/c13-10-5-9(1-2-11(10)14)6-12(7-15)3-4-18(16,17)8-12/h1-2,5H,3-4,6-8,15H2. The normalized spacial score (nSPS) is 26.4. The van der Waals surface area contributed by atoms with Crippen LogP contribution in [-0.4, -0.2) is 26.5 Å². The molecule has 1 aliphatic rings. The Morgan fingerprint density at radius 2 is 2.17 bits per heavy atom. The van der Waals surface area contributed by atoms with Gasteiger partial charge in [0.1, 0.15) is 5.82 Å². The average Bonchev–Trinajstić information content (AvgIpc) is 2.60. The molecule has 0 aromatic heterocycles. The van der Waals surface area contributed by atoms with Crippen LogP contribution in [0, 0.1) is 11.2 Å². The summed E-state index contributed by atoms with van der Waals surface area (Å²) in [5.41, 5.74) is 6.13. The molecule has 6 heteroatoms. The molecule has 3 nitrogen and oxygen atoms in total. The van der Waals surface area contributed by atoms with Crippen molar-refractivity contribution in [1.29, 1.82) is 0 Å². The van der Waals surface area contributed by atoms with Crippen molar-refractivity contribution in [2.75, 3.05) is 18.1 Å². The predicted octanol–water partition coefficient (Wildman–Crippen LogP) is 1.79. The Labute approximate surface area is 111 Å². The Morgan fingerprint density at radius 3 is 2.67 bits per heavy atom. The third-order valence-electron chi connectivity index (χ3n) is 3.47. The van der Waals surface area contributed by atoms with Crippen LogP contribution in [0.15, 0.2) is 18.2 Å². The molecule has 100 valence electrons. The van der Waals surface area contributed by atoms with Gasteiger partial charge in [0.05, 0.1) is 16.5 Å². The lowest BCUT2D eigenvalue weighted by molar-refractivity contribution is 0.344. The van der Waals surface area contributed by atoms with Gasteiger partial charge < -0.3 is 5.73 Å². The molecule has 0 aliphatic carbocycles. The highest BCUT2D eigenvalue weighted by molar-refractivity contribution is 7.91. The van der Waals surface area contributed by atoms with Gasteiger partial charge in [-0.1, -0.05) is 17.7 Å². The summed E-state index contributed by atoms with van der Waals surface area (Å²) >= 11 is 5.72. The van der Waals surface area contributed by atoms with Gasteiger partial charge in [-0.15, -0.1) is 0 Å². The molecule has 1 unspecified atom stereocenters. The summed E-state index contributed by atoms with van der Waals surface area (Å²) in [4.78, 5) is 0. The van der Waals surface area contributed by atoms with Crippen LogP contribution in [0.1, 0.15) is 12.0 Å². The van der Waals surface area contributed by atoms with Crippen LogP contribution in [0.2, 0.25) is 5.02 Å². The quantitative estimate of drug-likeness (QED) is 0.923. The van der Waals surface area contributed by atoms with Gasteiger partial charge >= 0.3 is 0 Å². The van der Waals surface area contributed by atoms with Crippen molar-refractivity contribution in [3.05, 3.63) is 34.6 Å². The Bertz CT molecular complexity index is 561. The molecule has 2 rings (SSSR count). The van der Waals surface area contributed by atoms with E-state index >= 15 is 0 Å². The number of hydrogen-bond donors (Lipinski definition) is 1. The minimum absolute atomic E-state index is 0.0560. The fourth-order valence-electron chi connectivity index (χ4n) is 2.44. The van der Waals surface area contributed by atoms with Crippen LogP contribution >= 0.6 is 11.6 Å². The molecular formula is C12H15ClFNO2S. The number of nitrogens with two attached hydrogens (primary N) is 1. The number of sulfone groups is 1. The predicted molar refractivity (Wildman–Crippen MR) is 69.9 cm³/mol. The highest BCUT2D eigenvalue weighted by Gasteiger charge is 2.41. The highest BCUT2D eigenvalue weighted by atomic mass is 35.5. The fraction of sp³-hybridized carbons (Fsp3) is 0.500. The van der Waals surface area contributed by atoms with E-state index in [0.717, 1.165) is 5.56 Å². The van der Waals surface area contributed by atoms with E-state index in [4.69, 9.17) is 17.3 Å². The van der Waals surface area contributed by atoms with Crippen molar-refractivity contribution in [2.24, 2.45) is 11.1 Å². The first-order valence-corrected chi connectivity index (χ1v) is 7.90. The lowest BCUT2D eigenvalue weighted by atomic mass is 9.81. The minimum atomic E-state index is -2.99. The van der Waals surface area contributed by atoms with E-state index in [2.05, 4.69) is 0 Å². The maximum absolute atomic E-state index is 13.1. The first-order chi connectivity index (χ1) is 8.36. The van der Waals surface area contributed by atoms with E-state index in [1.165, 1.54) is 6.07 Å². The third-order valence-corrected chi connectivity index (χ3v) is 5.63. The lowest BCUT2D eigenvalue weighted by Crippen LogP contribution is -2.34. The first kappa shape index (κ1) is 13.8. The van der Waals surface area contributed by atoms with E-state index in [1.807, 2.05) is 0 Å². The Hall–Kier alpha value is -0.650. The van der Waals surface area contributed by atoms with Crippen LogP contribution in [0.25, 0.3) is 0 Å². The van der Waals surface area contributed by atoms with Gasteiger partial charge in [-0.3, -0.25) is 0 Å². The zero-order valence-electron chi connectivity index (χ0n) is 9.83. The molecule has 0 amide bonds. The summed E-state index contributed by atoms with van der Waals surface area (Å²) in [5, 5.41) is 0.0560. The minimum Gasteiger partial charge on any atom is -0.330 e. The molecule has 1 aromatic rings. The number of halogens is 2. The second-order valence-electron chi connectivity index (χ2n) is 4.97. The molecule has 1 aliphatic heterocycles. The lowest BCUT2D eigenvalue weighted by Gasteiger charge is -2.25. The summed E-state index contributed by atoms with van der Waals surface area (Å²) in [6.45, 7) is 0.307. The largest absolute Gasteiger partial charge is 0.330 e. The summed E-state index contributed by atoms with van der Waals surface area (Å²) in [6.07, 6.45) is 1.07. The van der Waals surface area contributed by atoms with Crippen LogP contribution < -0.4 is 5.73 Å². The number of rotatable bonds is 3. The van der Waals surface area contributed by atoms with Crippen molar-refractivity contribution in [3.8, 4) is 0 Å². The van der Waals surface area contributed by atoms with E-state index < -0.39 is 21.1 Å². The summed E-state index contributed by atoms with van der Waals surface area (Å²) < 4.78 is 36.2. The Morgan fingerprint density at radius 1 is 1.44 bits per heavy atom. The highest BCUT2D eigenvalue weighted by Crippen LogP contribution is 2.35. The van der Waals surface area contributed by atoms with Crippen molar-refractivity contribution >= 4 is 21.4 Å². The average molecular weight is 292 g/mol. The van der Waals surface area contributed by atoms with E-state index in [1.54, 1.807) is 12.1 Å². The monoisotopic (exact) mass is 291 g/mol. The maximum atomic E-state index is 13.1. The molecule has 0 bridgehead atoms. The van der Waals surface area contributed by atoms with Crippen LogP contribution in [0.5, 0.6) is 0 Å². The summed E-state index contributed by atoms with van der Waals surface area (Å²) in [5.74, 6) is -0.189. The zero-order valence-corrected chi connectivity index (χ0v) is 11.4. The van der Waals surface area contributed by atoms with Crippen LogP contribution in [-0.2, 0) is 16.3 Å². The molecular weight excluding hydrogens is 277 g/mol. The Balaban J connectivity index is 2.23. The van der Waals surface area contributed by atoms with Crippen LogP contribution in [0.3, 0.4) is 0 Å². The Kier molecular flexibility index (Phi) is 3.67. The molecule has 0 saturated carbocycles. The second kappa shape index (κ2) is 4.79. The van der Waals surface area contributed by atoms with Gasteiger partial charge in [-0.05, 0) is 37.1 Å². The fourth-order valence-corrected chi connectivity index (χ4v) is 4.83. The molecule has 1 fully saturated rings. The zero-order chi connectivity index (χ0) is 13.4. The van der Waals surface area contributed by atoms with E-state index in [9.17, 15) is 12.8 Å². The summed E-state index contributed by atoms with van der Waals surface area (Å²) in [6, 6.07) is 4.47. The van der Waals surface area contributed by atoms with Gasteiger partial charge in [-0.25, -0.2) is 12.8 Å². The molecule has 1 aromatic carbocycles. The molecule has 18 heavy (non-hydrogen) atoms.